The number of oxazole rings is 1. The number of hydrogen-bond donors (Lipinski definition) is 0. The number of pyridine rings is 1. The van der Waals surface area contributed by atoms with E-state index in [0.717, 1.165) is 73.3 Å². The van der Waals surface area contributed by atoms with E-state index in [9.17, 15) is 9.59 Å². The molecule has 0 spiro atoms. The van der Waals surface area contributed by atoms with Crippen LogP contribution in [-0.4, -0.2) is 33.4 Å². The first-order valence-corrected chi connectivity index (χ1v) is 15.1. The van der Waals surface area contributed by atoms with E-state index in [1.165, 1.54) is 6.26 Å². The number of benzene rings is 2. The van der Waals surface area contributed by atoms with E-state index in [1.54, 1.807) is 18.2 Å². The van der Waals surface area contributed by atoms with E-state index in [-0.39, 0.29) is 17.4 Å². The van der Waals surface area contributed by atoms with Gasteiger partial charge in [0.15, 0.2) is 0 Å². The molecule has 0 aliphatic carbocycles. The number of aryl methyl sites for hydroxylation is 2. The van der Waals surface area contributed by atoms with Gasteiger partial charge in [-0.15, -0.1) is 0 Å². The number of piperidine rings is 1. The number of hydrogen-bond acceptors (Lipinski definition) is 4. The smallest absolute Gasteiger partial charge is 0.264 e. The third-order valence-corrected chi connectivity index (χ3v) is 8.09. The van der Waals surface area contributed by atoms with Crippen molar-refractivity contribution in [3.63, 3.8) is 0 Å². The predicted octanol–water partition coefficient (Wildman–Crippen LogP) is 7.76. The van der Waals surface area contributed by atoms with Crippen molar-refractivity contribution in [3.8, 4) is 28.4 Å². The van der Waals surface area contributed by atoms with Gasteiger partial charge in [0.1, 0.15) is 12.0 Å². The van der Waals surface area contributed by atoms with Gasteiger partial charge < -0.3 is 9.32 Å². The van der Waals surface area contributed by atoms with Crippen molar-refractivity contribution in [2.75, 3.05) is 13.1 Å². The van der Waals surface area contributed by atoms with Crippen LogP contribution in [0.1, 0.15) is 74.1 Å². The Morgan fingerprint density at radius 2 is 1.66 bits per heavy atom. The average molecular weight is 572 g/mol. The normalized spacial score (nSPS) is 13.7. The maximum absolute atomic E-state index is 14.6. The van der Waals surface area contributed by atoms with Gasteiger partial charge in [-0.1, -0.05) is 57.5 Å². The van der Waals surface area contributed by atoms with Gasteiger partial charge in [0, 0.05) is 29.4 Å². The Morgan fingerprint density at radius 1 is 1.00 bits per heavy atom. The molecule has 0 atom stereocenters. The standard InChI is InChI=1S/C34H38ClN3O3/c1-5-23-11-10-12-24(6-2)31(23)38-30(19-22(3)4)28(33(39)37-17-8-7-9-18-37)20-27(34(38)40)29-21-41-32(36-29)25-13-15-26(35)16-14-25/h10-16,20-22H,5-9,17-19H2,1-4H3. The van der Waals surface area contributed by atoms with Gasteiger partial charge in [0.05, 0.1) is 16.8 Å². The van der Waals surface area contributed by atoms with E-state index >= 15 is 0 Å². The molecular weight excluding hydrogens is 534 g/mol. The van der Waals surface area contributed by atoms with Gasteiger partial charge in [-0.05, 0) is 85.9 Å². The van der Waals surface area contributed by atoms with E-state index in [4.69, 9.17) is 21.0 Å². The number of aromatic nitrogens is 2. The van der Waals surface area contributed by atoms with Crippen molar-refractivity contribution >= 4 is 17.5 Å². The lowest BCUT2D eigenvalue weighted by Crippen LogP contribution is -2.38. The fraction of sp³-hybridized carbons (Fsp3) is 0.382. The molecule has 1 saturated heterocycles. The molecule has 6 nitrogen and oxygen atoms in total. The number of rotatable bonds is 8. The highest BCUT2D eigenvalue weighted by Gasteiger charge is 2.28. The minimum atomic E-state index is -0.192. The molecule has 41 heavy (non-hydrogen) atoms. The average Bonchev–Trinajstić information content (AvgIpc) is 3.47. The quantitative estimate of drug-likeness (QED) is 0.217. The number of carbonyl (C=O) groups is 1. The molecule has 3 heterocycles. The zero-order valence-corrected chi connectivity index (χ0v) is 25.1. The molecule has 0 radical (unpaired) electrons. The third kappa shape index (κ3) is 5.89. The van der Waals surface area contributed by atoms with Crippen molar-refractivity contribution in [2.24, 2.45) is 5.92 Å². The van der Waals surface area contributed by atoms with Gasteiger partial charge in [0.2, 0.25) is 5.89 Å². The van der Waals surface area contributed by atoms with Crippen LogP contribution in [0.5, 0.6) is 0 Å². The molecule has 0 bridgehead atoms. The van der Waals surface area contributed by atoms with E-state index in [2.05, 4.69) is 39.8 Å². The predicted molar refractivity (Wildman–Crippen MR) is 165 cm³/mol. The summed E-state index contributed by atoms with van der Waals surface area (Å²) in [6.45, 7) is 9.91. The number of nitrogens with zero attached hydrogens (tertiary/aromatic N) is 3. The first-order chi connectivity index (χ1) is 19.8. The van der Waals surface area contributed by atoms with Crippen molar-refractivity contribution in [1.82, 2.24) is 14.5 Å². The van der Waals surface area contributed by atoms with Crippen LogP contribution in [0.3, 0.4) is 0 Å². The summed E-state index contributed by atoms with van der Waals surface area (Å²) in [7, 11) is 0. The summed E-state index contributed by atoms with van der Waals surface area (Å²) in [5, 5.41) is 0.617. The summed E-state index contributed by atoms with van der Waals surface area (Å²) in [6.07, 6.45) is 6.75. The zero-order valence-electron chi connectivity index (χ0n) is 24.4. The van der Waals surface area contributed by atoms with Crippen LogP contribution in [0.15, 0.2) is 64.0 Å². The topological polar surface area (TPSA) is 68.3 Å². The summed E-state index contributed by atoms with van der Waals surface area (Å²) in [4.78, 5) is 35.4. The Balaban J connectivity index is 1.80. The molecule has 4 aromatic rings. The molecule has 1 aliphatic heterocycles. The van der Waals surface area contributed by atoms with E-state index in [0.29, 0.717) is 34.2 Å². The fourth-order valence-electron chi connectivity index (χ4n) is 5.74. The third-order valence-electron chi connectivity index (χ3n) is 7.84. The molecule has 1 aliphatic rings. The second-order valence-electron chi connectivity index (χ2n) is 11.2. The minimum absolute atomic E-state index is 0.0243. The van der Waals surface area contributed by atoms with Crippen LogP contribution in [0, 0.1) is 5.92 Å². The van der Waals surface area contributed by atoms with Crippen molar-refractivity contribution in [1.29, 1.82) is 0 Å². The second-order valence-corrected chi connectivity index (χ2v) is 11.6. The zero-order chi connectivity index (χ0) is 29.1. The maximum atomic E-state index is 14.6. The monoisotopic (exact) mass is 571 g/mol. The molecule has 0 N–H and O–H groups in total. The van der Waals surface area contributed by atoms with Crippen molar-refractivity contribution in [3.05, 3.63) is 92.6 Å². The Kier molecular flexibility index (Phi) is 8.79. The Bertz CT molecular complexity index is 1570. The van der Waals surface area contributed by atoms with Gasteiger partial charge >= 0.3 is 0 Å². The van der Waals surface area contributed by atoms with Gasteiger partial charge in [-0.3, -0.25) is 14.2 Å². The largest absolute Gasteiger partial charge is 0.444 e. The highest BCUT2D eigenvalue weighted by Crippen LogP contribution is 2.30. The second kappa shape index (κ2) is 12.5. The lowest BCUT2D eigenvalue weighted by Gasteiger charge is -2.29. The van der Waals surface area contributed by atoms with Crippen molar-refractivity contribution in [2.45, 2.75) is 66.2 Å². The Labute approximate surface area is 247 Å². The molecule has 7 heteroatoms. The van der Waals surface area contributed by atoms with Crippen LogP contribution < -0.4 is 5.56 Å². The lowest BCUT2D eigenvalue weighted by molar-refractivity contribution is 0.0722. The number of carbonyl (C=O) groups excluding carboxylic acids is 1. The van der Waals surface area contributed by atoms with E-state index in [1.807, 2.05) is 27.7 Å². The number of para-hydroxylation sites is 1. The summed E-state index contributed by atoms with van der Waals surface area (Å²) in [5.74, 6) is 0.603. The first-order valence-electron chi connectivity index (χ1n) is 14.7. The molecule has 1 fully saturated rings. The molecule has 0 unspecified atom stereocenters. The number of halogens is 1. The number of amides is 1. The van der Waals surface area contributed by atoms with Crippen LogP contribution in [0.25, 0.3) is 28.4 Å². The van der Waals surface area contributed by atoms with Gasteiger partial charge in [-0.25, -0.2) is 4.98 Å². The van der Waals surface area contributed by atoms with Crippen molar-refractivity contribution < 1.29 is 9.21 Å². The maximum Gasteiger partial charge on any atom is 0.264 e. The van der Waals surface area contributed by atoms with Gasteiger partial charge in [-0.2, -0.15) is 0 Å². The number of likely N-dealkylation sites (tertiary alicyclic amines) is 1. The van der Waals surface area contributed by atoms with Crippen LogP contribution in [0.2, 0.25) is 5.02 Å². The Hall–Kier alpha value is -3.64. The van der Waals surface area contributed by atoms with Crippen LogP contribution in [0.4, 0.5) is 0 Å². The summed E-state index contributed by atoms with van der Waals surface area (Å²) < 4.78 is 7.67. The van der Waals surface area contributed by atoms with Crippen LogP contribution >= 0.6 is 11.6 Å². The SMILES string of the molecule is CCc1cccc(CC)c1-n1c(CC(C)C)c(C(=O)N2CCCCC2)cc(-c2coc(-c3ccc(Cl)cc3)n2)c1=O. The molecule has 1 amide bonds. The molecule has 2 aromatic carbocycles. The summed E-state index contributed by atoms with van der Waals surface area (Å²) in [5.41, 5.74) is 5.70. The Morgan fingerprint density at radius 3 is 2.27 bits per heavy atom. The molecular formula is C34H38ClN3O3. The molecule has 2 aromatic heterocycles. The highest BCUT2D eigenvalue weighted by atomic mass is 35.5. The first kappa shape index (κ1) is 28.9. The molecule has 214 valence electrons. The lowest BCUT2D eigenvalue weighted by atomic mass is 9.96. The van der Waals surface area contributed by atoms with E-state index < -0.39 is 0 Å². The highest BCUT2D eigenvalue weighted by molar-refractivity contribution is 6.30. The molecule has 0 saturated carbocycles. The summed E-state index contributed by atoms with van der Waals surface area (Å²) >= 11 is 6.08. The van der Waals surface area contributed by atoms with Crippen LogP contribution in [-0.2, 0) is 19.3 Å². The minimum Gasteiger partial charge on any atom is -0.444 e. The fourth-order valence-corrected chi connectivity index (χ4v) is 5.86. The molecule has 5 rings (SSSR count). The van der Waals surface area contributed by atoms with Gasteiger partial charge in [0.25, 0.3) is 11.5 Å². The summed E-state index contributed by atoms with van der Waals surface area (Å²) in [6, 6.07) is 15.2.